The molecule has 0 aliphatic carbocycles. The number of alkyl halides is 6. The molecule has 4 amide bonds. The highest BCUT2D eigenvalue weighted by molar-refractivity contribution is 6.06. The standard InChI is InChI=1S/C23H20F3N5O2.C22H18F3N5O2/c1-33-18-12-17(14-5-4-6-15(11-14)23(24,25)26)28-21-20(18)30-10-8-16(13-30)31(21)22(32)29-19-7-2-3-9-27-19;23-22(24,25)14-5-3-4-13(10-14)16-11-17(31)19-20(27-16)30(15-7-9-29(19)12-15)21(32)28-18-6-1-2-8-26-18/h2-7,9,11-12,16H,8,10,13H2,1H3,(H,27,29,32);1-6,8,10-11,15H,7,9,12H2,(H,27,31)(H,26,28,32)/t16-;15-/m00/s1. The fourth-order valence-electron chi connectivity index (χ4n) is 8.57. The third kappa shape index (κ3) is 8.45. The average Bonchev–Trinajstić information content (AvgIpc) is 3.90. The molecule has 2 saturated heterocycles. The Labute approximate surface area is 366 Å². The quantitative estimate of drug-likeness (QED) is 0.144. The predicted octanol–water partition coefficient (Wildman–Crippen LogP) is 8.89. The lowest BCUT2D eigenvalue weighted by Gasteiger charge is -2.36. The predicted molar refractivity (Wildman–Crippen MR) is 231 cm³/mol. The van der Waals surface area contributed by atoms with E-state index in [0.717, 1.165) is 30.7 Å². The van der Waals surface area contributed by atoms with E-state index >= 15 is 0 Å². The molecule has 4 aromatic heterocycles. The molecule has 0 unspecified atom stereocenters. The summed E-state index contributed by atoms with van der Waals surface area (Å²) >= 11 is 0. The Bertz CT molecular complexity index is 2830. The topological polar surface area (TPSA) is 152 Å². The van der Waals surface area contributed by atoms with Crippen LogP contribution in [0.25, 0.3) is 22.5 Å². The average molecular weight is 897 g/mol. The third-order valence-electron chi connectivity index (χ3n) is 11.5. The minimum atomic E-state index is -4.51. The second kappa shape index (κ2) is 16.8. The molecule has 0 radical (unpaired) electrons. The molecule has 6 aromatic rings. The number of carbonyl (C=O) groups excluding carboxylic acids is 2. The first-order valence-electron chi connectivity index (χ1n) is 20.4. The third-order valence-corrected chi connectivity index (χ3v) is 11.5. The Balaban J connectivity index is 0.000000164. The highest BCUT2D eigenvalue weighted by atomic mass is 19.4. The van der Waals surface area contributed by atoms with Crippen molar-refractivity contribution >= 4 is 46.7 Å². The molecule has 2 fully saturated rings. The Morgan fingerprint density at radius 3 is 1.82 bits per heavy atom. The number of rotatable bonds is 5. The minimum Gasteiger partial charge on any atom is -0.494 e. The number of urea groups is 2. The molecule has 4 aliphatic heterocycles. The molecule has 4 aliphatic rings. The Kier molecular flexibility index (Phi) is 11.0. The van der Waals surface area contributed by atoms with Crippen molar-refractivity contribution in [1.82, 2.24) is 19.9 Å². The first kappa shape index (κ1) is 42.7. The van der Waals surface area contributed by atoms with Crippen LogP contribution in [-0.2, 0) is 12.4 Å². The molecule has 0 saturated carbocycles. The molecule has 14 nitrogen and oxygen atoms in total. The van der Waals surface area contributed by atoms with Crippen molar-refractivity contribution in [2.24, 2.45) is 0 Å². The lowest BCUT2D eigenvalue weighted by Crippen LogP contribution is -2.49. The van der Waals surface area contributed by atoms with E-state index in [1.165, 1.54) is 36.3 Å². The van der Waals surface area contributed by atoms with Gasteiger partial charge in [0, 0.05) is 56.3 Å². The number of pyridine rings is 4. The van der Waals surface area contributed by atoms with Gasteiger partial charge in [-0.3, -0.25) is 25.2 Å². The van der Waals surface area contributed by atoms with Crippen LogP contribution < -0.4 is 40.4 Å². The van der Waals surface area contributed by atoms with Crippen molar-refractivity contribution in [3.8, 4) is 28.3 Å². The Hall–Kier alpha value is -7.64. The zero-order valence-corrected chi connectivity index (χ0v) is 34.3. The Morgan fingerprint density at radius 2 is 1.25 bits per heavy atom. The number of carbonyl (C=O) groups is 2. The van der Waals surface area contributed by atoms with Crippen LogP contribution in [0.2, 0.25) is 0 Å². The molecule has 20 heteroatoms. The summed E-state index contributed by atoms with van der Waals surface area (Å²) in [5.41, 5.74) is 0.0228. The normalized spacial score (nSPS) is 17.2. The fraction of sp³-hybridized carbons (Fsp3) is 0.244. The van der Waals surface area contributed by atoms with Gasteiger partial charge in [0.15, 0.2) is 5.82 Å². The van der Waals surface area contributed by atoms with E-state index in [2.05, 4.69) is 35.5 Å². The molecule has 3 N–H and O–H groups in total. The molecule has 0 spiro atoms. The second-order valence-corrected chi connectivity index (χ2v) is 15.6. The first-order chi connectivity index (χ1) is 31.2. The van der Waals surface area contributed by atoms with E-state index in [9.17, 15) is 40.7 Å². The van der Waals surface area contributed by atoms with Gasteiger partial charge in [0.2, 0.25) is 5.43 Å². The number of amides is 4. The van der Waals surface area contributed by atoms with Gasteiger partial charge < -0.3 is 19.5 Å². The number of fused-ring (bicyclic) bond motifs is 8. The van der Waals surface area contributed by atoms with Crippen molar-refractivity contribution in [3.05, 3.63) is 131 Å². The summed E-state index contributed by atoms with van der Waals surface area (Å²) in [7, 11) is 1.49. The number of nitrogens with one attached hydrogen (secondary N) is 3. The van der Waals surface area contributed by atoms with Gasteiger partial charge in [0.05, 0.1) is 41.7 Å². The van der Waals surface area contributed by atoms with Crippen molar-refractivity contribution < 1.29 is 40.7 Å². The summed E-state index contributed by atoms with van der Waals surface area (Å²) in [6, 6.07) is 21.7. The van der Waals surface area contributed by atoms with Crippen LogP contribution in [0.5, 0.6) is 5.75 Å². The number of aromatic amines is 1. The first-order valence-corrected chi connectivity index (χ1v) is 20.4. The van der Waals surface area contributed by atoms with Gasteiger partial charge in [-0.15, -0.1) is 0 Å². The smallest absolute Gasteiger partial charge is 0.416 e. The van der Waals surface area contributed by atoms with Crippen LogP contribution in [-0.4, -0.2) is 77.4 Å². The molecular formula is C45H38F6N10O4. The summed E-state index contributed by atoms with van der Waals surface area (Å²) < 4.78 is 84.9. The van der Waals surface area contributed by atoms with Gasteiger partial charge in [0.1, 0.15) is 34.6 Å². The molecule has 10 rings (SSSR count). The van der Waals surface area contributed by atoms with Gasteiger partial charge >= 0.3 is 24.4 Å². The molecule has 2 atom stereocenters. The summed E-state index contributed by atoms with van der Waals surface area (Å²) in [6.45, 7) is 2.45. The number of methoxy groups -OCH3 is 1. The van der Waals surface area contributed by atoms with Crippen LogP contribution in [0.4, 0.5) is 70.6 Å². The number of nitrogens with zero attached hydrogens (tertiary/aromatic N) is 7. The van der Waals surface area contributed by atoms with E-state index in [1.807, 2.05) is 4.90 Å². The van der Waals surface area contributed by atoms with Crippen molar-refractivity contribution in [3.63, 3.8) is 0 Å². The van der Waals surface area contributed by atoms with Crippen LogP contribution in [0.3, 0.4) is 0 Å². The van der Waals surface area contributed by atoms with E-state index < -0.39 is 35.5 Å². The number of H-pyrrole nitrogens is 1. The molecule has 8 heterocycles. The molecule has 334 valence electrons. The van der Waals surface area contributed by atoms with Crippen LogP contribution in [0.1, 0.15) is 24.0 Å². The van der Waals surface area contributed by atoms with Crippen LogP contribution in [0, 0.1) is 0 Å². The maximum atomic E-state index is 13.3. The number of hydrogen-bond acceptors (Lipinski definition) is 9. The molecular weight excluding hydrogens is 859 g/mol. The zero-order chi connectivity index (χ0) is 45.6. The summed E-state index contributed by atoms with van der Waals surface area (Å²) in [5, 5.41) is 5.52. The summed E-state index contributed by atoms with van der Waals surface area (Å²) in [4.78, 5) is 62.4. The maximum absolute atomic E-state index is 13.3. The van der Waals surface area contributed by atoms with Gasteiger partial charge in [-0.2, -0.15) is 26.3 Å². The van der Waals surface area contributed by atoms with Crippen molar-refractivity contribution in [1.29, 1.82) is 0 Å². The highest BCUT2D eigenvalue weighted by Crippen LogP contribution is 2.47. The number of hydrogen-bond donors (Lipinski definition) is 3. The van der Waals surface area contributed by atoms with Crippen molar-refractivity contribution in [2.75, 3.05) is 63.5 Å². The minimum absolute atomic E-state index is 0.129. The van der Waals surface area contributed by atoms with Gasteiger partial charge in [-0.1, -0.05) is 36.4 Å². The monoisotopic (exact) mass is 896 g/mol. The highest BCUT2D eigenvalue weighted by Gasteiger charge is 2.44. The second-order valence-electron chi connectivity index (χ2n) is 15.6. The fourth-order valence-corrected chi connectivity index (χ4v) is 8.57. The van der Waals surface area contributed by atoms with E-state index in [1.54, 1.807) is 65.8 Å². The molecule has 2 aromatic carbocycles. The number of halogens is 6. The SMILES string of the molecule is COc1cc(-c2cccc(C(F)(F)F)c2)nc2c1N1CC[C@@H](C1)N2C(=O)Nc1ccccn1.O=C(Nc1ccccn1)N1c2[nH]c(-c3cccc(C(F)(F)F)c3)cc(=O)c2N2CC[C@H]1C2. The van der Waals surface area contributed by atoms with Gasteiger partial charge in [0.25, 0.3) is 0 Å². The summed E-state index contributed by atoms with van der Waals surface area (Å²) in [5.74, 6) is 1.82. The maximum Gasteiger partial charge on any atom is 0.416 e. The number of ether oxygens (including phenoxy) is 1. The van der Waals surface area contributed by atoms with E-state index in [4.69, 9.17) is 4.74 Å². The largest absolute Gasteiger partial charge is 0.494 e. The van der Waals surface area contributed by atoms with E-state index in [0.29, 0.717) is 67.2 Å². The van der Waals surface area contributed by atoms with E-state index in [-0.39, 0.29) is 45.8 Å². The zero-order valence-electron chi connectivity index (χ0n) is 34.3. The van der Waals surface area contributed by atoms with Crippen LogP contribution >= 0.6 is 0 Å². The number of benzene rings is 2. The summed E-state index contributed by atoms with van der Waals surface area (Å²) in [6.07, 6.45) is -4.48. The van der Waals surface area contributed by atoms with Gasteiger partial charge in [-0.05, 0) is 66.9 Å². The van der Waals surface area contributed by atoms with Crippen LogP contribution in [0.15, 0.2) is 114 Å². The number of aromatic nitrogens is 4. The Morgan fingerprint density at radius 1 is 0.692 bits per heavy atom. The lowest BCUT2D eigenvalue weighted by atomic mass is 10.1. The van der Waals surface area contributed by atoms with Crippen molar-refractivity contribution in [2.45, 2.75) is 37.3 Å². The lowest BCUT2D eigenvalue weighted by molar-refractivity contribution is -0.138. The molecule has 65 heavy (non-hydrogen) atoms. The molecule has 4 bridgehead atoms. The number of anilines is 6. The van der Waals surface area contributed by atoms with Gasteiger partial charge in [-0.25, -0.2) is 24.5 Å².